The number of carbonyl (C=O) groups is 2. The van der Waals surface area contributed by atoms with Crippen LogP contribution in [0.1, 0.15) is 46.5 Å². The van der Waals surface area contributed by atoms with Crippen molar-refractivity contribution in [3.05, 3.63) is 0 Å². The maximum absolute atomic E-state index is 11.1. The number of carboxylic acid groups (broad SMARTS) is 1. The number of hydrogen-bond donors (Lipinski definition) is 1. The molecular weight excluding hydrogens is 168 g/mol. The van der Waals surface area contributed by atoms with Crippen LogP contribution in [0.25, 0.3) is 0 Å². The molecule has 1 N–H and O–H groups in total. The molecule has 0 amide bonds. The van der Waals surface area contributed by atoms with Crippen molar-refractivity contribution in [3.8, 4) is 0 Å². The fraction of sp³-hybridized carbons (Fsp3) is 0.800. The lowest BCUT2D eigenvalue weighted by atomic mass is 9.87. The first-order chi connectivity index (χ1) is 5.90. The Balaban J connectivity index is 3.88. The molecule has 0 spiro atoms. The van der Waals surface area contributed by atoms with Gasteiger partial charge in [-0.05, 0) is 26.7 Å². The molecule has 0 atom stereocenters. The molecule has 0 unspecified atom stereocenters. The zero-order valence-corrected chi connectivity index (χ0v) is 8.59. The summed E-state index contributed by atoms with van der Waals surface area (Å²) in [5.41, 5.74) is -0.774. The minimum Gasteiger partial charge on any atom is -0.481 e. The van der Waals surface area contributed by atoms with Crippen LogP contribution in [0.15, 0.2) is 0 Å². The van der Waals surface area contributed by atoms with Crippen LogP contribution >= 0.6 is 0 Å². The van der Waals surface area contributed by atoms with Gasteiger partial charge < -0.3 is 5.11 Å². The fourth-order valence-electron chi connectivity index (χ4n) is 0.963. The average molecular weight is 186 g/mol. The van der Waals surface area contributed by atoms with Crippen molar-refractivity contribution in [1.82, 2.24) is 0 Å². The summed E-state index contributed by atoms with van der Waals surface area (Å²) in [4.78, 5) is 21.8. The fourth-order valence-corrected chi connectivity index (χ4v) is 0.963. The first kappa shape index (κ1) is 12.1. The van der Waals surface area contributed by atoms with Gasteiger partial charge in [-0.3, -0.25) is 9.59 Å². The minimum atomic E-state index is -0.836. The van der Waals surface area contributed by atoms with E-state index in [9.17, 15) is 9.59 Å². The third kappa shape index (κ3) is 4.65. The lowest BCUT2D eigenvalue weighted by Gasteiger charge is -2.17. The highest BCUT2D eigenvalue weighted by Crippen LogP contribution is 2.22. The SMILES string of the molecule is CCCC(=O)CCC(C)(C)C(=O)O. The van der Waals surface area contributed by atoms with Gasteiger partial charge in [-0.15, -0.1) is 0 Å². The Morgan fingerprint density at radius 3 is 2.15 bits per heavy atom. The minimum absolute atomic E-state index is 0.164. The third-order valence-corrected chi connectivity index (χ3v) is 2.14. The van der Waals surface area contributed by atoms with E-state index in [2.05, 4.69) is 0 Å². The quantitative estimate of drug-likeness (QED) is 0.692. The standard InChI is InChI=1S/C10H18O3/c1-4-5-8(11)6-7-10(2,3)9(12)13/h4-7H2,1-3H3,(H,12,13). The summed E-state index contributed by atoms with van der Waals surface area (Å²) in [5, 5.41) is 8.77. The molecule has 0 aromatic carbocycles. The third-order valence-electron chi connectivity index (χ3n) is 2.14. The largest absolute Gasteiger partial charge is 0.481 e. The van der Waals surface area contributed by atoms with Gasteiger partial charge in [0, 0.05) is 12.8 Å². The molecule has 0 aromatic heterocycles. The first-order valence-electron chi connectivity index (χ1n) is 4.65. The molecule has 0 aromatic rings. The molecule has 0 aliphatic carbocycles. The Morgan fingerprint density at radius 1 is 1.23 bits per heavy atom. The van der Waals surface area contributed by atoms with E-state index in [-0.39, 0.29) is 5.78 Å². The number of hydrogen-bond acceptors (Lipinski definition) is 2. The maximum Gasteiger partial charge on any atom is 0.309 e. The highest BCUT2D eigenvalue weighted by Gasteiger charge is 2.27. The zero-order valence-electron chi connectivity index (χ0n) is 8.59. The van der Waals surface area contributed by atoms with E-state index >= 15 is 0 Å². The molecule has 76 valence electrons. The monoisotopic (exact) mass is 186 g/mol. The lowest BCUT2D eigenvalue weighted by Crippen LogP contribution is -2.24. The molecule has 0 aliphatic rings. The van der Waals surface area contributed by atoms with Crippen LogP contribution in [0.3, 0.4) is 0 Å². The van der Waals surface area contributed by atoms with E-state index in [0.717, 1.165) is 6.42 Å². The second-order valence-corrected chi connectivity index (χ2v) is 3.98. The number of Topliss-reactive ketones (excluding diaryl/α,β-unsaturated/α-hetero) is 1. The second kappa shape index (κ2) is 5.00. The molecule has 0 radical (unpaired) electrons. The van der Waals surface area contributed by atoms with E-state index in [1.54, 1.807) is 13.8 Å². The lowest BCUT2D eigenvalue weighted by molar-refractivity contribution is -0.147. The molecule has 0 saturated carbocycles. The van der Waals surface area contributed by atoms with Crippen LogP contribution in [0.2, 0.25) is 0 Å². The van der Waals surface area contributed by atoms with E-state index in [1.807, 2.05) is 6.92 Å². The summed E-state index contributed by atoms with van der Waals surface area (Å²) in [6.45, 7) is 5.24. The highest BCUT2D eigenvalue weighted by molar-refractivity contribution is 5.80. The number of ketones is 1. The zero-order chi connectivity index (χ0) is 10.5. The topological polar surface area (TPSA) is 54.4 Å². The van der Waals surface area contributed by atoms with Gasteiger partial charge in [0.1, 0.15) is 5.78 Å². The molecule has 0 saturated heterocycles. The summed E-state index contributed by atoms with van der Waals surface area (Å²) < 4.78 is 0. The van der Waals surface area contributed by atoms with Crippen LogP contribution in [0, 0.1) is 5.41 Å². The summed E-state index contributed by atoms with van der Waals surface area (Å²) in [7, 11) is 0. The van der Waals surface area contributed by atoms with Gasteiger partial charge in [0.05, 0.1) is 5.41 Å². The van der Waals surface area contributed by atoms with Crippen LogP contribution in [-0.2, 0) is 9.59 Å². The maximum atomic E-state index is 11.1. The van der Waals surface area contributed by atoms with Gasteiger partial charge in [0.15, 0.2) is 0 Å². The van der Waals surface area contributed by atoms with Gasteiger partial charge in [0.25, 0.3) is 0 Å². The van der Waals surface area contributed by atoms with Crippen molar-refractivity contribution in [3.63, 3.8) is 0 Å². The molecule has 3 heteroatoms. The van der Waals surface area contributed by atoms with Gasteiger partial charge in [-0.25, -0.2) is 0 Å². The number of carbonyl (C=O) groups excluding carboxylic acids is 1. The van der Waals surface area contributed by atoms with Crippen LogP contribution < -0.4 is 0 Å². The summed E-state index contributed by atoms with van der Waals surface area (Å²) in [5.74, 6) is -0.673. The van der Waals surface area contributed by atoms with Crippen molar-refractivity contribution in [2.45, 2.75) is 46.5 Å². The molecule has 13 heavy (non-hydrogen) atoms. The predicted molar refractivity (Wildman–Crippen MR) is 50.6 cm³/mol. The molecular formula is C10H18O3. The van der Waals surface area contributed by atoms with Crippen molar-refractivity contribution in [2.75, 3.05) is 0 Å². The number of rotatable bonds is 6. The number of aliphatic carboxylic acids is 1. The summed E-state index contributed by atoms with van der Waals surface area (Å²) in [6, 6.07) is 0. The van der Waals surface area contributed by atoms with Gasteiger partial charge in [-0.1, -0.05) is 6.92 Å². The van der Waals surface area contributed by atoms with E-state index in [1.165, 1.54) is 0 Å². The Bertz CT molecular complexity index is 194. The number of carboxylic acids is 1. The van der Waals surface area contributed by atoms with Gasteiger partial charge in [0.2, 0.25) is 0 Å². The Labute approximate surface area is 79.1 Å². The van der Waals surface area contributed by atoms with E-state index in [4.69, 9.17) is 5.11 Å². The van der Waals surface area contributed by atoms with Crippen molar-refractivity contribution >= 4 is 11.8 Å². The molecule has 0 aliphatic heterocycles. The van der Waals surface area contributed by atoms with Crippen LogP contribution in [0.4, 0.5) is 0 Å². The van der Waals surface area contributed by atoms with E-state index in [0.29, 0.717) is 19.3 Å². The smallest absolute Gasteiger partial charge is 0.309 e. The molecule has 0 fully saturated rings. The molecule has 0 heterocycles. The van der Waals surface area contributed by atoms with Crippen molar-refractivity contribution in [1.29, 1.82) is 0 Å². The van der Waals surface area contributed by atoms with E-state index < -0.39 is 11.4 Å². The van der Waals surface area contributed by atoms with Crippen LogP contribution in [0.5, 0.6) is 0 Å². The van der Waals surface area contributed by atoms with Crippen LogP contribution in [-0.4, -0.2) is 16.9 Å². The molecule has 0 rings (SSSR count). The van der Waals surface area contributed by atoms with Gasteiger partial charge >= 0.3 is 5.97 Å². The first-order valence-corrected chi connectivity index (χ1v) is 4.65. The summed E-state index contributed by atoms with van der Waals surface area (Å²) >= 11 is 0. The Kier molecular flexibility index (Phi) is 4.67. The van der Waals surface area contributed by atoms with Crippen molar-refractivity contribution in [2.24, 2.45) is 5.41 Å². The second-order valence-electron chi connectivity index (χ2n) is 3.98. The Morgan fingerprint density at radius 2 is 1.77 bits per heavy atom. The predicted octanol–water partition coefficient (Wildman–Crippen LogP) is 2.25. The Hall–Kier alpha value is -0.860. The molecule has 3 nitrogen and oxygen atoms in total. The summed E-state index contributed by atoms with van der Waals surface area (Å²) in [6.07, 6.45) is 2.22. The average Bonchev–Trinajstić information content (AvgIpc) is 2.01. The van der Waals surface area contributed by atoms with Gasteiger partial charge in [-0.2, -0.15) is 0 Å². The molecule has 0 bridgehead atoms. The highest BCUT2D eigenvalue weighted by atomic mass is 16.4. The normalized spacial score (nSPS) is 11.3. The van der Waals surface area contributed by atoms with Crippen molar-refractivity contribution < 1.29 is 14.7 Å².